The third kappa shape index (κ3) is 5.06. The lowest BCUT2D eigenvalue weighted by Crippen LogP contribution is -2.49. The number of ether oxygens (including phenoxy) is 1. The molecule has 5 nitrogen and oxygen atoms in total. The second-order valence-electron chi connectivity index (χ2n) is 8.04. The summed E-state index contributed by atoms with van der Waals surface area (Å²) in [7, 11) is 1.39. The predicted octanol–water partition coefficient (Wildman–Crippen LogP) is 3.95. The van der Waals surface area contributed by atoms with Gasteiger partial charge in [0.2, 0.25) is 5.91 Å². The van der Waals surface area contributed by atoms with Crippen LogP contribution >= 0.6 is 0 Å². The molecule has 0 spiro atoms. The minimum Gasteiger partial charge on any atom is -0.465 e. The average Bonchev–Trinajstić information content (AvgIpc) is 2.86. The number of carbonyl (C=O) groups excluding carboxylic acids is 2. The molecule has 1 fully saturated rings. The Labute approximate surface area is 189 Å². The van der Waals surface area contributed by atoms with Crippen molar-refractivity contribution >= 4 is 11.9 Å². The molecule has 0 aromatic heterocycles. The number of hydrogen-bond donors (Lipinski definition) is 0. The Morgan fingerprint density at radius 1 is 0.781 bits per heavy atom. The molecule has 0 unspecified atom stereocenters. The molecule has 1 amide bonds. The Bertz CT molecular complexity index is 988. The first-order chi connectivity index (χ1) is 15.7. The summed E-state index contributed by atoms with van der Waals surface area (Å²) < 4.78 is 4.76. The van der Waals surface area contributed by atoms with Gasteiger partial charge in [0.15, 0.2) is 0 Å². The lowest BCUT2D eigenvalue weighted by atomic mass is 9.90. The van der Waals surface area contributed by atoms with E-state index in [4.69, 9.17) is 4.74 Å². The van der Waals surface area contributed by atoms with Crippen LogP contribution in [0.3, 0.4) is 0 Å². The van der Waals surface area contributed by atoms with Crippen LogP contribution in [0, 0.1) is 0 Å². The maximum absolute atomic E-state index is 13.6. The maximum atomic E-state index is 13.6. The van der Waals surface area contributed by atoms with Crippen molar-refractivity contribution in [3.8, 4) is 0 Å². The number of hydrogen-bond acceptors (Lipinski definition) is 4. The largest absolute Gasteiger partial charge is 0.465 e. The molecule has 164 valence electrons. The highest BCUT2D eigenvalue weighted by molar-refractivity contribution is 5.89. The van der Waals surface area contributed by atoms with E-state index in [-0.39, 0.29) is 17.8 Å². The fourth-order valence-electron chi connectivity index (χ4n) is 4.20. The Morgan fingerprint density at radius 3 is 1.81 bits per heavy atom. The van der Waals surface area contributed by atoms with Gasteiger partial charge in [0.05, 0.1) is 18.6 Å². The number of piperazine rings is 1. The predicted molar refractivity (Wildman–Crippen MR) is 124 cm³/mol. The van der Waals surface area contributed by atoms with Gasteiger partial charge in [-0.25, -0.2) is 4.79 Å². The first-order valence-corrected chi connectivity index (χ1v) is 10.9. The molecule has 1 aliphatic heterocycles. The van der Waals surface area contributed by atoms with Crippen molar-refractivity contribution in [3.05, 3.63) is 107 Å². The summed E-state index contributed by atoms with van der Waals surface area (Å²) >= 11 is 0. The Kier molecular flexibility index (Phi) is 6.97. The molecule has 0 aliphatic carbocycles. The number of benzene rings is 3. The topological polar surface area (TPSA) is 49.9 Å². The Balaban J connectivity index is 1.40. The summed E-state index contributed by atoms with van der Waals surface area (Å²) in [5, 5.41) is 0. The molecule has 4 rings (SSSR count). The summed E-state index contributed by atoms with van der Waals surface area (Å²) in [6.45, 7) is 3.84. The molecule has 0 N–H and O–H groups in total. The first kappa shape index (κ1) is 21.8. The van der Waals surface area contributed by atoms with Crippen LogP contribution in [0.25, 0.3) is 0 Å². The van der Waals surface area contributed by atoms with E-state index in [1.807, 2.05) is 77.7 Å². The minimum absolute atomic E-state index is 0.157. The van der Waals surface area contributed by atoms with Crippen molar-refractivity contribution < 1.29 is 14.3 Å². The van der Waals surface area contributed by atoms with Crippen LogP contribution < -0.4 is 0 Å². The van der Waals surface area contributed by atoms with E-state index in [0.717, 1.165) is 36.3 Å². The number of rotatable bonds is 6. The number of nitrogens with zero attached hydrogens (tertiary/aromatic N) is 2. The van der Waals surface area contributed by atoms with E-state index in [9.17, 15) is 9.59 Å². The third-order valence-corrected chi connectivity index (χ3v) is 5.98. The van der Waals surface area contributed by atoms with Gasteiger partial charge in [0.1, 0.15) is 0 Å². The van der Waals surface area contributed by atoms with Crippen LogP contribution in [0.2, 0.25) is 0 Å². The second kappa shape index (κ2) is 10.2. The summed E-state index contributed by atoms with van der Waals surface area (Å²) in [6, 6.07) is 27.6. The number of carbonyl (C=O) groups is 2. The molecule has 32 heavy (non-hydrogen) atoms. The lowest BCUT2D eigenvalue weighted by Gasteiger charge is -2.36. The highest BCUT2D eigenvalue weighted by atomic mass is 16.5. The molecule has 0 atom stereocenters. The molecule has 0 bridgehead atoms. The molecule has 1 heterocycles. The summed E-state index contributed by atoms with van der Waals surface area (Å²) in [6.07, 6.45) is 0. The smallest absolute Gasteiger partial charge is 0.337 e. The summed E-state index contributed by atoms with van der Waals surface area (Å²) in [5.41, 5.74) is 3.75. The zero-order valence-electron chi connectivity index (χ0n) is 18.3. The SMILES string of the molecule is COC(=O)c1ccc(CN2CCN(C(=O)C(c3ccccc3)c3ccccc3)CC2)cc1. The van der Waals surface area contributed by atoms with Gasteiger partial charge in [-0.2, -0.15) is 0 Å². The molecular weight excluding hydrogens is 400 g/mol. The van der Waals surface area contributed by atoms with Gasteiger partial charge >= 0.3 is 5.97 Å². The molecule has 3 aromatic carbocycles. The van der Waals surface area contributed by atoms with Gasteiger partial charge in [-0.1, -0.05) is 72.8 Å². The zero-order valence-corrected chi connectivity index (χ0v) is 18.3. The summed E-state index contributed by atoms with van der Waals surface area (Å²) in [5.74, 6) is -0.450. The lowest BCUT2D eigenvalue weighted by molar-refractivity contribution is -0.133. The van der Waals surface area contributed by atoms with Gasteiger partial charge in [-0.15, -0.1) is 0 Å². The maximum Gasteiger partial charge on any atom is 0.337 e. The van der Waals surface area contributed by atoms with Gasteiger partial charge in [-0.05, 0) is 28.8 Å². The van der Waals surface area contributed by atoms with Crippen LogP contribution in [-0.2, 0) is 16.1 Å². The highest BCUT2D eigenvalue weighted by Crippen LogP contribution is 2.27. The Hall–Kier alpha value is -3.44. The van der Waals surface area contributed by atoms with Crippen molar-refractivity contribution in [3.63, 3.8) is 0 Å². The van der Waals surface area contributed by atoms with Crippen molar-refractivity contribution in [2.75, 3.05) is 33.3 Å². The van der Waals surface area contributed by atoms with E-state index >= 15 is 0 Å². The van der Waals surface area contributed by atoms with Gasteiger partial charge in [0.25, 0.3) is 0 Å². The highest BCUT2D eigenvalue weighted by Gasteiger charge is 2.29. The molecule has 5 heteroatoms. The van der Waals surface area contributed by atoms with E-state index in [1.54, 1.807) is 12.1 Å². The van der Waals surface area contributed by atoms with Crippen molar-refractivity contribution in [1.29, 1.82) is 0 Å². The van der Waals surface area contributed by atoms with Gasteiger partial charge in [0, 0.05) is 32.7 Å². The fraction of sp³-hybridized carbons (Fsp3) is 0.259. The quantitative estimate of drug-likeness (QED) is 0.558. The minimum atomic E-state index is -0.324. The fourth-order valence-corrected chi connectivity index (χ4v) is 4.20. The molecule has 1 aliphatic rings. The van der Waals surface area contributed by atoms with E-state index in [2.05, 4.69) is 4.90 Å². The van der Waals surface area contributed by atoms with Gasteiger partial charge in [-0.3, -0.25) is 9.69 Å². The standard InChI is InChI=1S/C27H28N2O3/c1-32-27(31)24-14-12-21(13-15-24)20-28-16-18-29(19-17-28)26(30)25(22-8-4-2-5-9-22)23-10-6-3-7-11-23/h2-15,25H,16-20H2,1H3. The monoisotopic (exact) mass is 428 g/mol. The second-order valence-corrected chi connectivity index (χ2v) is 8.04. The molecule has 3 aromatic rings. The molecule has 1 saturated heterocycles. The number of amides is 1. The molecule has 0 radical (unpaired) electrons. The van der Waals surface area contributed by atoms with E-state index in [0.29, 0.717) is 18.7 Å². The Morgan fingerprint density at radius 2 is 1.31 bits per heavy atom. The number of esters is 1. The van der Waals surface area contributed by atoms with Crippen molar-refractivity contribution in [2.24, 2.45) is 0 Å². The number of methoxy groups -OCH3 is 1. The van der Waals surface area contributed by atoms with Gasteiger partial charge < -0.3 is 9.64 Å². The van der Waals surface area contributed by atoms with E-state index in [1.165, 1.54) is 7.11 Å². The average molecular weight is 429 g/mol. The van der Waals surface area contributed by atoms with Crippen molar-refractivity contribution in [2.45, 2.75) is 12.5 Å². The van der Waals surface area contributed by atoms with E-state index < -0.39 is 0 Å². The van der Waals surface area contributed by atoms with Crippen molar-refractivity contribution in [1.82, 2.24) is 9.80 Å². The van der Waals surface area contributed by atoms with Crippen LogP contribution in [0.4, 0.5) is 0 Å². The van der Waals surface area contributed by atoms with Crippen LogP contribution in [0.1, 0.15) is 33.0 Å². The van der Waals surface area contributed by atoms with Crippen LogP contribution in [-0.4, -0.2) is 55.0 Å². The zero-order chi connectivity index (χ0) is 22.3. The third-order valence-electron chi connectivity index (χ3n) is 5.98. The van der Waals surface area contributed by atoms with Crippen LogP contribution in [0.15, 0.2) is 84.9 Å². The molecular formula is C27H28N2O3. The summed E-state index contributed by atoms with van der Waals surface area (Å²) in [4.78, 5) is 29.5. The van der Waals surface area contributed by atoms with Crippen LogP contribution in [0.5, 0.6) is 0 Å². The molecule has 0 saturated carbocycles. The normalized spacial score (nSPS) is 14.4. The first-order valence-electron chi connectivity index (χ1n) is 10.9.